The van der Waals surface area contributed by atoms with E-state index in [1.54, 1.807) is 18.2 Å². The minimum atomic E-state index is -0.370. The third kappa shape index (κ3) is 3.67. The van der Waals surface area contributed by atoms with E-state index < -0.39 is 0 Å². The number of aryl methyl sites for hydroxylation is 1. The van der Waals surface area contributed by atoms with Crippen LogP contribution < -0.4 is 10.2 Å². The van der Waals surface area contributed by atoms with Gasteiger partial charge >= 0.3 is 7.12 Å². The lowest BCUT2D eigenvalue weighted by Crippen LogP contribution is -2.41. The Kier molecular flexibility index (Phi) is 4.56. The van der Waals surface area contributed by atoms with Crippen LogP contribution in [-0.2, 0) is 15.9 Å². The van der Waals surface area contributed by atoms with Crippen LogP contribution in [0.25, 0.3) is 0 Å². The van der Waals surface area contributed by atoms with Gasteiger partial charge in [-0.05, 0) is 75.5 Å². The normalized spacial score (nSPS) is 18.4. The van der Waals surface area contributed by atoms with Crippen LogP contribution >= 0.6 is 0 Å². The van der Waals surface area contributed by atoms with Crippen molar-refractivity contribution in [2.24, 2.45) is 0 Å². The van der Waals surface area contributed by atoms with E-state index in [-0.39, 0.29) is 24.1 Å². The molecule has 3 rings (SSSR count). The molecule has 2 aromatic carbocycles. The zero-order valence-corrected chi connectivity index (χ0v) is 15.5. The van der Waals surface area contributed by atoms with Crippen molar-refractivity contribution < 1.29 is 19.2 Å². The van der Waals surface area contributed by atoms with Gasteiger partial charge in [0.15, 0.2) is 0 Å². The molecule has 1 aliphatic rings. The Bertz CT molecular complexity index is 754. The molecule has 4 nitrogen and oxygen atoms in total. The fourth-order valence-corrected chi connectivity index (χ4v) is 2.79. The van der Waals surface area contributed by atoms with Crippen molar-refractivity contribution in [2.45, 2.75) is 52.4 Å². The number of rotatable bonds is 4. The highest BCUT2D eigenvalue weighted by Crippen LogP contribution is 2.36. The van der Waals surface area contributed by atoms with Gasteiger partial charge in [-0.3, -0.25) is 0 Å². The molecular formula is C20H25BO4. The minimum absolute atomic E-state index is 0.244. The molecule has 1 aliphatic heterocycles. The molecule has 1 heterocycles. The lowest BCUT2D eigenvalue weighted by atomic mass is 9.76. The Morgan fingerprint density at radius 2 is 1.68 bits per heavy atom. The van der Waals surface area contributed by atoms with E-state index in [0.717, 1.165) is 22.3 Å². The topological polar surface area (TPSA) is 47.9 Å². The van der Waals surface area contributed by atoms with Gasteiger partial charge in [0, 0.05) is 0 Å². The average Bonchev–Trinajstić information content (AvgIpc) is 2.73. The molecule has 1 N–H and O–H groups in total. The van der Waals surface area contributed by atoms with Crippen LogP contribution in [-0.4, -0.2) is 23.4 Å². The van der Waals surface area contributed by atoms with Gasteiger partial charge in [-0.25, -0.2) is 0 Å². The van der Waals surface area contributed by atoms with Crippen molar-refractivity contribution in [3.05, 3.63) is 53.6 Å². The fourth-order valence-electron chi connectivity index (χ4n) is 2.79. The van der Waals surface area contributed by atoms with Crippen LogP contribution in [0.3, 0.4) is 0 Å². The molecule has 0 atom stereocenters. The van der Waals surface area contributed by atoms with Gasteiger partial charge in [0.05, 0.1) is 11.2 Å². The van der Waals surface area contributed by atoms with Gasteiger partial charge in [0.1, 0.15) is 18.1 Å². The van der Waals surface area contributed by atoms with Crippen molar-refractivity contribution >= 4 is 12.6 Å². The smallest absolute Gasteiger partial charge is 0.495 e. The van der Waals surface area contributed by atoms with E-state index in [9.17, 15) is 5.11 Å². The predicted octanol–water partition coefficient (Wildman–Crippen LogP) is 3.58. The highest BCUT2D eigenvalue weighted by Gasteiger charge is 2.52. The summed E-state index contributed by atoms with van der Waals surface area (Å²) in [5, 5.41) is 9.51. The molecule has 0 radical (unpaired) electrons. The summed E-state index contributed by atoms with van der Waals surface area (Å²) >= 11 is 0. The summed E-state index contributed by atoms with van der Waals surface area (Å²) in [7, 11) is -0.370. The second-order valence-electron chi connectivity index (χ2n) is 7.57. The van der Waals surface area contributed by atoms with Crippen molar-refractivity contribution in [3.63, 3.8) is 0 Å². The Morgan fingerprint density at radius 1 is 1.00 bits per heavy atom. The molecular weight excluding hydrogens is 315 g/mol. The highest BCUT2D eigenvalue weighted by molar-refractivity contribution is 6.62. The molecule has 132 valence electrons. The highest BCUT2D eigenvalue weighted by atomic mass is 16.7. The first-order valence-corrected chi connectivity index (χ1v) is 8.55. The fraction of sp³-hybridized carbons (Fsp3) is 0.400. The van der Waals surface area contributed by atoms with Gasteiger partial charge in [0.25, 0.3) is 0 Å². The quantitative estimate of drug-likeness (QED) is 0.865. The Labute approximate surface area is 149 Å². The van der Waals surface area contributed by atoms with Crippen LogP contribution in [0.2, 0.25) is 0 Å². The van der Waals surface area contributed by atoms with Crippen LogP contribution in [0.15, 0.2) is 42.5 Å². The summed E-state index contributed by atoms with van der Waals surface area (Å²) in [5.74, 6) is 1.02. The standard InChI is InChI=1S/C20H25BO4/c1-14-11-17(23-13-15-7-6-8-16(22)12-15)9-10-18(14)21-24-19(2,3)20(4,5)25-21/h6-12,22H,13H2,1-5H3. The van der Waals surface area contributed by atoms with Gasteiger partial charge < -0.3 is 19.2 Å². The first kappa shape index (κ1) is 17.8. The number of phenols is 1. The molecule has 0 aromatic heterocycles. The van der Waals surface area contributed by atoms with Crippen molar-refractivity contribution in [1.29, 1.82) is 0 Å². The molecule has 25 heavy (non-hydrogen) atoms. The van der Waals surface area contributed by atoms with E-state index >= 15 is 0 Å². The van der Waals surface area contributed by atoms with E-state index in [1.807, 2.05) is 31.2 Å². The number of hydrogen-bond acceptors (Lipinski definition) is 4. The first-order valence-electron chi connectivity index (χ1n) is 8.55. The summed E-state index contributed by atoms with van der Waals surface area (Å²) < 4.78 is 18.1. The average molecular weight is 340 g/mol. The van der Waals surface area contributed by atoms with Gasteiger partial charge in [-0.15, -0.1) is 0 Å². The third-order valence-corrected chi connectivity index (χ3v) is 5.06. The zero-order valence-electron chi connectivity index (χ0n) is 15.5. The second kappa shape index (κ2) is 6.39. The molecule has 2 aromatic rings. The summed E-state index contributed by atoms with van der Waals surface area (Å²) in [5.41, 5.74) is 2.30. The van der Waals surface area contributed by atoms with Crippen LogP contribution in [0.5, 0.6) is 11.5 Å². The number of ether oxygens (including phenoxy) is 1. The van der Waals surface area contributed by atoms with E-state index in [2.05, 4.69) is 27.7 Å². The van der Waals surface area contributed by atoms with E-state index in [0.29, 0.717) is 6.61 Å². The summed E-state index contributed by atoms with van der Waals surface area (Å²) in [6, 6.07) is 13.0. The Hall–Kier alpha value is -1.98. The maximum atomic E-state index is 9.51. The monoisotopic (exact) mass is 340 g/mol. The molecule has 0 unspecified atom stereocenters. The van der Waals surface area contributed by atoms with Crippen LogP contribution in [0.1, 0.15) is 38.8 Å². The van der Waals surface area contributed by atoms with Crippen molar-refractivity contribution in [3.8, 4) is 11.5 Å². The lowest BCUT2D eigenvalue weighted by molar-refractivity contribution is 0.00578. The Morgan fingerprint density at radius 3 is 2.28 bits per heavy atom. The Balaban J connectivity index is 1.71. The van der Waals surface area contributed by atoms with Crippen molar-refractivity contribution in [1.82, 2.24) is 0 Å². The van der Waals surface area contributed by atoms with E-state index in [1.165, 1.54) is 0 Å². The molecule has 0 amide bonds. The molecule has 5 heteroatoms. The SMILES string of the molecule is Cc1cc(OCc2cccc(O)c2)ccc1B1OC(C)(C)C(C)(C)O1. The molecule has 1 saturated heterocycles. The largest absolute Gasteiger partial charge is 0.508 e. The number of phenolic OH excluding ortho intramolecular Hbond substituents is 1. The van der Waals surface area contributed by atoms with Gasteiger partial charge in [-0.1, -0.05) is 18.2 Å². The first-order chi connectivity index (χ1) is 11.7. The third-order valence-electron chi connectivity index (χ3n) is 5.06. The van der Waals surface area contributed by atoms with Crippen LogP contribution in [0, 0.1) is 6.92 Å². The summed E-state index contributed by atoms with van der Waals surface area (Å²) in [6.07, 6.45) is 0. The summed E-state index contributed by atoms with van der Waals surface area (Å²) in [4.78, 5) is 0. The van der Waals surface area contributed by atoms with Gasteiger partial charge in [-0.2, -0.15) is 0 Å². The number of hydrogen-bond donors (Lipinski definition) is 1. The lowest BCUT2D eigenvalue weighted by Gasteiger charge is -2.32. The molecule has 0 bridgehead atoms. The number of benzene rings is 2. The molecule has 0 aliphatic carbocycles. The summed E-state index contributed by atoms with van der Waals surface area (Å²) in [6.45, 7) is 10.6. The van der Waals surface area contributed by atoms with Crippen LogP contribution in [0.4, 0.5) is 0 Å². The second-order valence-corrected chi connectivity index (χ2v) is 7.57. The van der Waals surface area contributed by atoms with Crippen molar-refractivity contribution in [2.75, 3.05) is 0 Å². The maximum absolute atomic E-state index is 9.51. The van der Waals surface area contributed by atoms with E-state index in [4.69, 9.17) is 14.0 Å². The van der Waals surface area contributed by atoms with Gasteiger partial charge in [0.2, 0.25) is 0 Å². The molecule has 0 saturated carbocycles. The number of aromatic hydroxyl groups is 1. The zero-order chi connectivity index (χ0) is 18.2. The molecule has 1 fully saturated rings. The minimum Gasteiger partial charge on any atom is -0.508 e. The predicted molar refractivity (Wildman–Crippen MR) is 99.3 cm³/mol. The molecule has 0 spiro atoms. The maximum Gasteiger partial charge on any atom is 0.495 e.